The predicted molar refractivity (Wildman–Crippen MR) is 107 cm³/mol. The Labute approximate surface area is 159 Å². The third-order valence-electron chi connectivity index (χ3n) is 4.29. The molecule has 0 aliphatic carbocycles. The van der Waals surface area contributed by atoms with Crippen LogP contribution in [0.5, 0.6) is 0 Å². The molecule has 3 aromatic rings. The van der Waals surface area contributed by atoms with Gasteiger partial charge in [-0.05, 0) is 29.5 Å². The van der Waals surface area contributed by atoms with Crippen LogP contribution >= 0.6 is 11.3 Å². The molecule has 2 N–H and O–H groups in total. The van der Waals surface area contributed by atoms with Crippen molar-refractivity contribution >= 4 is 11.3 Å². The first-order valence-electron chi connectivity index (χ1n) is 8.90. The highest BCUT2D eigenvalue weighted by molar-refractivity contribution is 7.10. The van der Waals surface area contributed by atoms with Gasteiger partial charge in [0.2, 0.25) is 0 Å². The molecule has 3 nitrogen and oxygen atoms in total. The maximum atomic E-state index is 10.4. The molecule has 4 heteroatoms. The van der Waals surface area contributed by atoms with E-state index >= 15 is 0 Å². The van der Waals surface area contributed by atoms with Crippen LogP contribution in [0.3, 0.4) is 0 Å². The zero-order valence-electron chi connectivity index (χ0n) is 14.9. The molecule has 136 valence electrons. The van der Waals surface area contributed by atoms with Crippen molar-refractivity contribution in [3.63, 3.8) is 0 Å². The third-order valence-corrected chi connectivity index (χ3v) is 5.34. The van der Waals surface area contributed by atoms with Crippen molar-refractivity contribution in [1.82, 2.24) is 5.32 Å². The van der Waals surface area contributed by atoms with Crippen LogP contribution in [0.1, 0.15) is 35.1 Å². The minimum atomic E-state index is -0.563. The van der Waals surface area contributed by atoms with Crippen LogP contribution in [0.25, 0.3) is 0 Å². The molecule has 2 aromatic carbocycles. The van der Waals surface area contributed by atoms with E-state index in [9.17, 15) is 5.11 Å². The Kier molecular flexibility index (Phi) is 6.97. The molecule has 2 atom stereocenters. The minimum Gasteiger partial charge on any atom is -0.389 e. The number of thiophene rings is 1. The van der Waals surface area contributed by atoms with E-state index in [0.717, 1.165) is 11.1 Å². The maximum absolute atomic E-state index is 10.4. The molecule has 0 bridgehead atoms. The Morgan fingerprint density at radius 1 is 0.923 bits per heavy atom. The van der Waals surface area contributed by atoms with Crippen molar-refractivity contribution in [1.29, 1.82) is 0 Å². The SMILES string of the molecule is CC(NCC(O)COC(c1ccccc1)c1ccccc1)c1cccs1. The van der Waals surface area contributed by atoms with E-state index in [1.165, 1.54) is 4.88 Å². The molecule has 0 saturated heterocycles. The van der Waals surface area contributed by atoms with Crippen LogP contribution < -0.4 is 5.32 Å². The van der Waals surface area contributed by atoms with E-state index < -0.39 is 6.10 Å². The van der Waals surface area contributed by atoms with E-state index in [0.29, 0.717) is 6.54 Å². The van der Waals surface area contributed by atoms with Crippen molar-refractivity contribution < 1.29 is 9.84 Å². The van der Waals surface area contributed by atoms with E-state index in [-0.39, 0.29) is 18.8 Å². The topological polar surface area (TPSA) is 41.5 Å². The number of nitrogens with one attached hydrogen (secondary N) is 1. The Morgan fingerprint density at radius 3 is 2.08 bits per heavy atom. The molecular formula is C22H25NO2S. The highest BCUT2D eigenvalue weighted by atomic mass is 32.1. The van der Waals surface area contributed by atoms with Crippen LogP contribution in [-0.2, 0) is 4.74 Å². The van der Waals surface area contributed by atoms with Crippen LogP contribution in [0.4, 0.5) is 0 Å². The highest BCUT2D eigenvalue weighted by Gasteiger charge is 2.17. The summed E-state index contributed by atoms with van der Waals surface area (Å²) < 4.78 is 6.11. The Balaban J connectivity index is 1.57. The van der Waals surface area contributed by atoms with Crippen molar-refractivity contribution in [2.45, 2.75) is 25.2 Å². The van der Waals surface area contributed by atoms with Gasteiger partial charge in [-0.2, -0.15) is 0 Å². The molecule has 3 rings (SSSR count). The molecule has 0 amide bonds. The Hall–Kier alpha value is -1.98. The number of rotatable bonds is 9. The monoisotopic (exact) mass is 367 g/mol. The molecule has 0 saturated carbocycles. The van der Waals surface area contributed by atoms with Gasteiger partial charge in [0.05, 0.1) is 12.7 Å². The predicted octanol–water partition coefficient (Wildman–Crippen LogP) is 4.57. The number of aliphatic hydroxyl groups is 1. The largest absolute Gasteiger partial charge is 0.389 e. The van der Waals surface area contributed by atoms with E-state index in [2.05, 4.69) is 48.0 Å². The molecule has 2 unspecified atom stereocenters. The summed E-state index contributed by atoms with van der Waals surface area (Å²) >= 11 is 1.72. The smallest absolute Gasteiger partial charge is 0.108 e. The second-order valence-corrected chi connectivity index (χ2v) is 7.31. The number of benzene rings is 2. The lowest BCUT2D eigenvalue weighted by atomic mass is 10.0. The van der Waals surface area contributed by atoms with Crippen LogP contribution in [-0.4, -0.2) is 24.4 Å². The van der Waals surface area contributed by atoms with Crippen LogP contribution in [0.2, 0.25) is 0 Å². The van der Waals surface area contributed by atoms with E-state index in [4.69, 9.17) is 4.74 Å². The number of hydrogen-bond donors (Lipinski definition) is 2. The van der Waals surface area contributed by atoms with Crippen molar-refractivity contribution in [2.75, 3.05) is 13.2 Å². The van der Waals surface area contributed by atoms with Gasteiger partial charge in [0.15, 0.2) is 0 Å². The molecular weight excluding hydrogens is 342 g/mol. The van der Waals surface area contributed by atoms with Gasteiger partial charge < -0.3 is 15.2 Å². The summed E-state index contributed by atoms with van der Waals surface area (Å²) in [5, 5.41) is 15.8. The number of ether oxygens (including phenoxy) is 1. The van der Waals surface area contributed by atoms with Gasteiger partial charge in [-0.25, -0.2) is 0 Å². The normalized spacial score (nSPS) is 13.7. The summed E-state index contributed by atoms with van der Waals surface area (Å²) in [6.45, 7) is 2.88. The maximum Gasteiger partial charge on any atom is 0.108 e. The minimum absolute atomic E-state index is 0.179. The quantitative estimate of drug-likeness (QED) is 0.582. The molecule has 0 aliphatic rings. The first-order chi connectivity index (χ1) is 12.7. The summed E-state index contributed by atoms with van der Waals surface area (Å²) in [5.74, 6) is 0. The second kappa shape index (κ2) is 9.64. The summed E-state index contributed by atoms with van der Waals surface area (Å²) in [6.07, 6.45) is -0.742. The van der Waals surface area contributed by atoms with Crippen molar-refractivity contribution in [3.05, 3.63) is 94.2 Å². The lowest BCUT2D eigenvalue weighted by Crippen LogP contribution is -2.32. The Morgan fingerprint density at radius 2 is 1.54 bits per heavy atom. The zero-order chi connectivity index (χ0) is 18.2. The average molecular weight is 368 g/mol. The summed E-state index contributed by atoms with van der Waals surface area (Å²) in [6, 6.07) is 24.6. The fourth-order valence-corrected chi connectivity index (χ4v) is 3.62. The van der Waals surface area contributed by atoms with Gasteiger partial charge in [-0.1, -0.05) is 66.7 Å². The Bertz CT molecular complexity index is 707. The van der Waals surface area contributed by atoms with Crippen molar-refractivity contribution in [3.8, 4) is 0 Å². The van der Waals surface area contributed by atoms with Gasteiger partial charge in [0.1, 0.15) is 6.10 Å². The van der Waals surface area contributed by atoms with Crippen LogP contribution in [0.15, 0.2) is 78.2 Å². The third kappa shape index (κ3) is 5.26. The molecule has 26 heavy (non-hydrogen) atoms. The van der Waals surface area contributed by atoms with E-state index in [1.54, 1.807) is 11.3 Å². The van der Waals surface area contributed by atoms with Crippen LogP contribution in [0, 0.1) is 0 Å². The number of aliphatic hydroxyl groups excluding tert-OH is 1. The first kappa shape index (κ1) is 18.8. The van der Waals surface area contributed by atoms with Gasteiger partial charge in [0, 0.05) is 17.5 Å². The molecule has 0 fully saturated rings. The zero-order valence-corrected chi connectivity index (χ0v) is 15.7. The van der Waals surface area contributed by atoms with Gasteiger partial charge in [-0.3, -0.25) is 0 Å². The first-order valence-corrected chi connectivity index (χ1v) is 9.78. The lowest BCUT2D eigenvalue weighted by Gasteiger charge is -2.22. The summed E-state index contributed by atoms with van der Waals surface area (Å²) in [4.78, 5) is 1.27. The average Bonchev–Trinajstić information content (AvgIpc) is 3.23. The summed E-state index contributed by atoms with van der Waals surface area (Å²) in [5.41, 5.74) is 2.18. The van der Waals surface area contributed by atoms with Crippen molar-refractivity contribution in [2.24, 2.45) is 0 Å². The van der Waals surface area contributed by atoms with Gasteiger partial charge >= 0.3 is 0 Å². The molecule has 0 spiro atoms. The van der Waals surface area contributed by atoms with Gasteiger partial charge in [-0.15, -0.1) is 11.3 Å². The molecule has 0 radical (unpaired) electrons. The highest BCUT2D eigenvalue weighted by Crippen LogP contribution is 2.26. The fourth-order valence-electron chi connectivity index (χ4n) is 2.86. The van der Waals surface area contributed by atoms with Gasteiger partial charge in [0.25, 0.3) is 0 Å². The fraction of sp³-hybridized carbons (Fsp3) is 0.273. The van der Waals surface area contributed by atoms with E-state index in [1.807, 2.05) is 42.5 Å². The molecule has 0 aliphatic heterocycles. The molecule has 1 heterocycles. The molecule has 1 aromatic heterocycles. The summed E-state index contributed by atoms with van der Waals surface area (Å²) in [7, 11) is 0. The standard InChI is InChI=1S/C22H25NO2S/c1-17(21-13-8-14-26-21)23-15-20(24)16-25-22(18-9-4-2-5-10-18)19-11-6-3-7-12-19/h2-14,17,20,22-24H,15-16H2,1H3. The number of hydrogen-bond acceptors (Lipinski definition) is 4. The second-order valence-electron chi connectivity index (χ2n) is 6.33. The lowest BCUT2D eigenvalue weighted by molar-refractivity contribution is 0.00582.